The number of carbonyl (C=O) groups excluding carboxylic acids is 1. The Kier molecular flexibility index (Phi) is 5.78. The van der Waals surface area contributed by atoms with Gasteiger partial charge in [-0.1, -0.05) is 18.2 Å². The van der Waals surface area contributed by atoms with Crippen LogP contribution >= 0.6 is 0 Å². The summed E-state index contributed by atoms with van der Waals surface area (Å²) in [6, 6.07) is 10.8. The van der Waals surface area contributed by atoms with Crippen molar-refractivity contribution < 1.29 is 18.3 Å². The first kappa shape index (κ1) is 18.9. The van der Waals surface area contributed by atoms with Gasteiger partial charge in [-0.25, -0.2) is 13.6 Å². The Morgan fingerprint density at radius 2 is 1.63 bits per heavy atom. The smallest absolute Gasteiger partial charge is 0.322 e. The second kappa shape index (κ2) is 8.24. The van der Waals surface area contributed by atoms with E-state index in [-0.39, 0.29) is 6.10 Å². The number of nitrogens with zero attached hydrogens (tertiary/aromatic N) is 2. The number of para-hydroxylation sites is 3. The van der Waals surface area contributed by atoms with E-state index >= 15 is 0 Å². The number of ether oxygens (including phenoxy) is 1. The van der Waals surface area contributed by atoms with Crippen LogP contribution in [0, 0.1) is 11.6 Å². The van der Waals surface area contributed by atoms with Crippen LogP contribution in [0.5, 0.6) is 5.75 Å². The molecule has 1 fully saturated rings. The Hall–Kier alpha value is -2.83. The van der Waals surface area contributed by atoms with Gasteiger partial charge in [0.2, 0.25) is 0 Å². The maximum Gasteiger partial charge on any atom is 0.322 e. The molecule has 1 aliphatic heterocycles. The minimum absolute atomic E-state index is 0.0638. The number of carbonyl (C=O) groups is 1. The zero-order valence-corrected chi connectivity index (χ0v) is 15.4. The molecule has 2 amide bonds. The molecule has 0 radical (unpaired) electrons. The third-order valence-corrected chi connectivity index (χ3v) is 4.33. The number of urea groups is 1. The van der Waals surface area contributed by atoms with Crippen molar-refractivity contribution in [3.8, 4) is 5.75 Å². The van der Waals surface area contributed by atoms with Crippen LogP contribution in [-0.4, -0.2) is 43.2 Å². The van der Waals surface area contributed by atoms with E-state index in [0.717, 1.165) is 23.6 Å². The molecule has 1 N–H and O–H groups in total. The maximum atomic E-state index is 13.7. The predicted molar refractivity (Wildman–Crippen MR) is 101 cm³/mol. The summed E-state index contributed by atoms with van der Waals surface area (Å²) in [4.78, 5) is 16.1. The number of piperazine rings is 1. The minimum Gasteiger partial charge on any atom is -0.489 e. The molecule has 7 heteroatoms. The largest absolute Gasteiger partial charge is 0.489 e. The lowest BCUT2D eigenvalue weighted by molar-refractivity contribution is 0.207. The van der Waals surface area contributed by atoms with Crippen molar-refractivity contribution in [1.29, 1.82) is 0 Å². The fourth-order valence-corrected chi connectivity index (χ4v) is 3.03. The van der Waals surface area contributed by atoms with Crippen molar-refractivity contribution in [2.45, 2.75) is 20.0 Å². The van der Waals surface area contributed by atoms with Gasteiger partial charge in [-0.05, 0) is 38.1 Å². The van der Waals surface area contributed by atoms with Crippen molar-refractivity contribution in [3.63, 3.8) is 0 Å². The molecular formula is C20H23F2N3O2. The molecule has 0 saturated carbocycles. The number of hydrogen-bond donors (Lipinski definition) is 1. The molecule has 1 heterocycles. The third kappa shape index (κ3) is 4.48. The van der Waals surface area contributed by atoms with Crippen LogP contribution in [0.1, 0.15) is 13.8 Å². The summed E-state index contributed by atoms with van der Waals surface area (Å²) in [6.45, 7) is 6.04. The van der Waals surface area contributed by atoms with Crippen LogP contribution in [0.2, 0.25) is 0 Å². The molecule has 2 aromatic rings. The molecule has 1 aliphatic rings. The molecule has 27 heavy (non-hydrogen) atoms. The Morgan fingerprint density at radius 1 is 1.00 bits per heavy atom. The van der Waals surface area contributed by atoms with Crippen LogP contribution in [0.3, 0.4) is 0 Å². The summed E-state index contributed by atoms with van der Waals surface area (Å²) >= 11 is 0. The average molecular weight is 375 g/mol. The molecule has 0 spiro atoms. The van der Waals surface area contributed by atoms with Crippen molar-refractivity contribution in [1.82, 2.24) is 4.90 Å². The number of anilines is 2. The van der Waals surface area contributed by atoms with Gasteiger partial charge in [0.05, 0.1) is 11.8 Å². The zero-order chi connectivity index (χ0) is 19.4. The van der Waals surface area contributed by atoms with Gasteiger partial charge in [0.25, 0.3) is 0 Å². The molecule has 144 valence electrons. The first-order valence-corrected chi connectivity index (χ1v) is 8.96. The van der Waals surface area contributed by atoms with E-state index in [9.17, 15) is 13.6 Å². The quantitative estimate of drug-likeness (QED) is 0.875. The third-order valence-electron chi connectivity index (χ3n) is 4.33. The fourth-order valence-electron chi connectivity index (χ4n) is 3.03. The summed E-state index contributed by atoms with van der Waals surface area (Å²) in [5.74, 6) is -0.776. The van der Waals surface area contributed by atoms with Crippen molar-refractivity contribution in [2.75, 3.05) is 36.4 Å². The molecule has 1 saturated heterocycles. The Bertz CT molecular complexity index is 785. The topological polar surface area (TPSA) is 44.8 Å². The fraction of sp³-hybridized carbons (Fsp3) is 0.350. The molecule has 0 aromatic heterocycles. The normalized spacial score (nSPS) is 14.4. The molecular weight excluding hydrogens is 352 g/mol. The second-order valence-electron chi connectivity index (χ2n) is 6.64. The van der Waals surface area contributed by atoms with E-state index in [2.05, 4.69) is 10.2 Å². The van der Waals surface area contributed by atoms with Gasteiger partial charge in [0.15, 0.2) is 0 Å². The summed E-state index contributed by atoms with van der Waals surface area (Å²) < 4.78 is 33.3. The van der Waals surface area contributed by atoms with Gasteiger partial charge in [-0.3, -0.25) is 0 Å². The van der Waals surface area contributed by atoms with Gasteiger partial charge in [-0.15, -0.1) is 0 Å². The molecule has 5 nitrogen and oxygen atoms in total. The Labute approximate surface area is 157 Å². The molecule has 2 aromatic carbocycles. The van der Waals surface area contributed by atoms with Gasteiger partial charge in [0.1, 0.15) is 23.1 Å². The molecule has 3 rings (SSSR count). The lowest BCUT2D eigenvalue weighted by Gasteiger charge is -2.36. The summed E-state index contributed by atoms with van der Waals surface area (Å²) in [6.07, 6.45) is 0.0638. The standard InChI is InChI=1S/C20H23F2N3O2/c1-14(2)27-18-9-4-3-8-17(18)24-10-12-25(13-11-24)20(26)23-19-15(21)6-5-7-16(19)22/h3-9,14H,10-13H2,1-2H3,(H,23,26). The summed E-state index contributed by atoms with van der Waals surface area (Å²) in [7, 11) is 0. The SMILES string of the molecule is CC(C)Oc1ccccc1N1CCN(C(=O)Nc2c(F)cccc2F)CC1. The Balaban J connectivity index is 1.63. The second-order valence-corrected chi connectivity index (χ2v) is 6.64. The maximum absolute atomic E-state index is 13.7. The lowest BCUT2D eigenvalue weighted by Crippen LogP contribution is -2.50. The van der Waals surface area contributed by atoms with Gasteiger partial charge < -0.3 is 19.9 Å². The average Bonchev–Trinajstić information content (AvgIpc) is 2.65. The Morgan fingerprint density at radius 3 is 2.26 bits per heavy atom. The zero-order valence-electron chi connectivity index (χ0n) is 15.4. The van der Waals surface area contributed by atoms with Crippen LogP contribution in [0.15, 0.2) is 42.5 Å². The number of halogens is 2. The number of rotatable bonds is 4. The monoisotopic (exact) mass is 375 g/mol. The van der Waals surface area contributed by atoms with E-state index < -0.39 is 23.4 Å². The molecule has 0 bridgehead atoms. The van der Waals surface area contributed by atoms with Gasteiger partial charge >= 0.3 is 6.03 Å². The molecule has 0 aliphatic carbocycles. The number of nitrogens with one attached hydrogen (secondary N) is 1. The van der Waals surface area contributed by atoms with Crippen LogP contribution < -0.4 is 15.0 Å². The number of benzene rings is 2. The van der Waals surface area contributed by atoms with E-state index in [1.165, 1.54) is 6.07 Å². The highest BCUT2D eigenvalue weighted by molar-refractivity contribution is 5.89. The van der Waals surface area contributed by atoms with E-state index in [0.29, 0.717) is 26.2 Å². The molecule has 0 atom stereocenters. The highest BCUT2D eigenvalue weighted by Crippen LogP contribution is 2.29. The highest BCUT2D eigenvalue weighted by Gasteiger charge is 2.24. The summed E-state index contributed by atoms with van der Waals surface area (Å²) in [5.41, 5.74) is 0.562. The molecule has 0 unspecified atom stereocenters. The van der Waals surface area contributed by atoms with Crippen molar-refractivity contribution in [3.05, 3.63) is 54.1 Å². The van der Waals surface area contributed by atoms with E-state index in [1.54, 1.807) is 4.90 Å². The van der Waals surface area contributed by atoms with Crippen LogP contribution in [0.25, 0.3) is 0 Å². The number of amides is 2. The van der Waals surface area contributed by atoms with Gasteiger partial charge in [0, 0.05) is 26.2 Å². The highest BCUT2D eigenvalue weighted by atomic mass is 19.1. The minimum atomic E-state index is -0.790. The predicted octanol–water partition coefficient (Wildman–Crippen LogP) is 4.11. The van der Waals surface area contributed by atoms with Crippen LogP contribution in [-0.2, 0) is 0 Å². The summed E-state index contributed by atoms with van der Waals surface area (Å²) in [5, 5.41) is 2.33. The lowest BCUT2D eigenvalue weighted by atomic mass is 10.2. The van der Waals surface area contributed by atoms with Crippen molar-refractivity contribution >= 4 is 17.4 Å². The number of hydrogen-bond acceptors (Lipinski definition) is 3. The van der Waals surface area contributed by atoms with Crippen LogP contribution in [0.4, 0.5) is 25.0 Å². The van der Waals surface area contributed by atoms with Gasteiger partial charge in [-0.2, -0.15) is 0 Å². The van der Waals surface area contributed by atoms with E-state index in [4.69, 9.17) is 4.74 Å². The first-order chi connectivity index (χ1) is 13.0. The van der Waals surface area contributed by atoms with E-state index in [1.807, 2.05) is 38.1 Å². The first-order valence-electron chi connectivity index (χ1n) is 8.96. The van der Waals surface area contributed by atoms with Crippen molar-refractivity contribution in [2.24, 2.45) is 0 Å².